The van der Waals surface area contributed by atoms with E-state index in [-0.39, 0.29) is 0 Å². The predicted molar refractivity (Wildman–Crippen MR) is 83.5 cm³/mol. The molecule has 1 aromatic carbocycles. The van der Waals surface area contributed by atoms with Gasteiger partial charge in [0.15, 0.2) is 5.65 Å². The summed E-state index contributed by atoms with van der Waals surface area (Å²) in [5, 5.41) is 25.6. The summed E-state index contributed by atoms with van der Waals surface area (Å²) in [6.45, 7) is 4.00. The Balaban J connectivity index is 1.77. The molecular weight excluding hydrogens is 312 g/mol. The van der Waals surface area contributed by atoms with Gasteiger partial charge in [0, 0.05) is 0 Å². The zero-order chi connectivity index (χ0) is 15.8. The van der Waals surface area contributed by atoms with Crippen molar-refractivity contribution in [1.29, 1.82) is 0 Å². The Hall–Kier alpha value is -2.81. The predicted octanol–water partition coefficient (Wildman–Crippen LogP) is 1.87. The van der Waals surface area contributed by atoms with E-state index in [1.165, 1.54) is 16.4 Å². The number of tetrazole rings is 1. The number of para-hydroxylation sites is 1. The van der Waals surface area contributed by atoms with E-state index < -0.39 is 0 Å². The Kier molecular flexibility index (Phi) is 3.27. The molecule has 0 aliphatic rings. The van der Waals surface area contributed by atoms with Crippen LogP contribution in [0.25, 0.3) is 11.3 Å². The van der Waals surface area contributed by atoms with E-state index in [0.29, 0.717) is 5.65 Å². The van der Waals surface area contributed by atoms with E-state index in [1.807, 2.05) is 41.8 Å². The fourth-order valence-corrected chi connectivity index (χ4v) is 3.13. The van der Waals surface area contributed by atoms with Crippen LogP contribution in [-0.4, -0.2) is 40.0 Å². The molecule has 0 saturated heterocycles. The molecule has 0 radical (unpaired) electrons. The van der Waals surface area contributed by atoms with Crippen LogP contribution in [0.4, 0.5) is 0 Å². The van der Waals surface area contributed by atoms with Gasteiger partial charge in [0.2, 0.25) is 5.16 Å². The van der Waals surface area contributed by atoms with Crippen LogP contribution < -0.4 is 0 Å². The maximum atomic E-state index is 4.36. The van der Waals surface area contributed by atoms with E-state index in [1.54, 1.807) is 0 Å². The highest BCUT2D eigenvalue weighted by Gasteiger charge is 2.15. The molecule has 0 aliphatic carbocycles. The SMILES string of the molecule is Cc1ccccc1-n1c(C)nnc1Sc1ccc2nnnn2n1. The smallest absolute Gasteiger partial charge is 0.202 e. The molecule has 0 amide bonds. The van der Waals surface area contributed by atoms with Crippen LogP contribution in [0.2, 0.25) is 0 Å². The Morgan fingerprint density at radius 3 is 2.70 bits per heavy atom. The summed E-state index contributed by atoms with van der Waals surface area (Å²) < 4.78 is 3.41. The van der Waals surface area contributed by atoms with Crippen LogP contribution in [0.15, 0.2) is 46.6 Å². The van der Waals surface area contributed by atoms with Crippen molar-refractivity contribution in [2.45, 2.75) is 24.0 Å². The number of aryl methyl sites for hydroxylation is 2. The number of benzene rings is 1. The Bertz CT molecular complexity index is 989. The lowest BCUT2D eigenvalue weighted by molar-refractivity contribution is 0.701. The topological polar surface area (TPSA) is 86.7 Å². The summed E-state index contributed by atoms with van der Waals surface area (Å²) in [6, 6.07) is 11.8. The van der Waals surface area contributed by atoms with Gasteiger partial charge < -0.3 is 0 Å². The fourth-order valence-electron chi connectivity index (χ4n) is 2.28. The normalized spacial score (nSPS) is 11.2. The Morgan fingerprint density at radius 1 is 0.957 bits per heavy atom. The van der Waals surface area contributed by atoms with Crippen LogP contribution in [-0.2, 0) is 0 Å². The zero-order valence-corrected chi connectivity index (χ0v) is 13.3. The average Bonchev–Trinajstić information content (AvgIpc) is 3.15. The van der Waals surface area contributed by atoms with Crippen molar-refractivity contribution in [3.8, 4) is 5.69 Å². The third-order valence-electron chi connectivity index (χ3n) is 3.39. The molecule has 0 unspecified atom stereocenters. The van der Waals surface area contributed by atoms with Crippen molar-refractivity contribution in [2.24, 2.45) is 0 Å². The molecule has 3 heterocycles. The summed E-state index contributed by atoms with van der Waals surface area (Å²) in [4.78, 5) is 0. The minimum absolute atomic E-state index is 0.603. The van der Waals surface area contributed by atoms with E-state index in [9.17, 15) is 0 Å². The van der Waals surface area contributed by atoms with Gasteiger partial charge in [-0.1, -0.05) is 18.2 Å². The van der Waals surface area contributed by atoms with E-state index in [2.05, 4.69) is 43.8 Å². The standard InChI is InChI=1S/C14H12N8S/c1-9-5-3-4-6-11(9)21-10(2)15-17-14(21)23-13-8-7-12-16-19-20-22(12)18-13/h3-8H,1-2H3. The molecule has 0 fully saturated rings. The second-order valence-corrected chi connectivity index (χ2v) is 5.94. The lowest BCUT2D eigenvalue weighted by Crippen LogP contribution is -2.02. The molecule has 114 valence electrons. The minimum atomic E-state index is 0.603. The lowest BCUT2D eigenvalue weighted by Gasteiger charge is -2.10. The molecule has 9 heteroatoms. The second kappa shape index (κ2) is 5.43. The van der Waals surface area contributed by atoms with E-state index in [0.717, 1.165) is 27.3 Å². The van der Waals surface area contributed by atoms with Crippen LogP contribution in [0.3, 0.4) is 0 Å². The number of fused-ring (bicyclic) bond motifs is 1. The summed E-state index contributed by atoms with van der Waals surface area (Å²) in [5.74, 6) is 0.824. The fraction of sp³-hybridized carbons (Fsp3) is 0.143. The minimum Gasteiger partial charge on any atom is -0.274 e. The van der Waals surface area contributed by atoms with Gasteiger partial charge in [0.05, 0.1) is 5.69 Å². The molecule has 0 bridgehead atoms. The number of hydrogen-bond acceptors (Lipinski definition) is 7. The third kappa shape index (κ3) is 2.44. The molecule has 8 nitrogen and oxygen atoms in total. The Morgan fingerprint density at radius 2 is 1.83 bits per heavy atom. The summed E-state index contributed by atoms with van der Waals surface area (Å²) in [7, 11) is 0. The quantitative estimate of drug-likeness (QED) is 0.568. The van der Waals surface area contributed by atoms with Crippen molar-refractivity contribution in [1.82, 2.24) is 40.0 Å². The first-order valence-electron chi connectivity index (χ1n) is 6.94. The summed E-state index contributed by atoms with van der Waals surface area (Å²) in [5.41, 5.74) is 2.81. The van der Waals surface area contributed by atoms with Crippen LogP contribution >= 0.6 is 11.8 Å². The van der Waals surface area contributed by atoms with Gasteiger partial charge in [0.25, 0.3) is 0 Å². The first kappa shape index (κ1) is 13.8. The van der Waals surface area contributed by atoms with Crippen molar-refractivity contribution in [3.05, 3.63) is 47.8 Å². The van der Waals surface area contributed by atoms with Crippen molar-refractivity contribution in [3.63, 3.8) is 0 Å². The first-order chi connectivity index (χ1) is 11.2. The largest absolute Gasteiger partial charge is 0.274 e. The first-order valence-corrected chi connectivity index (χ1v) is 7.75. The average molecular weight is 324 g/mol. The number of hydrogen-bond donors (Lipinski definition) is 0. The third-order valence-corrected chi connectivity index (χ3v) is 4.27. The monoisotopic (exact) mass is 324 g/mol. The van der Waals surface area contributed by atoms with Gasteiger partial charge in [-0.15, -0.1) is 25.0 Å². The summed E-state index contributed by atoms with van der Waals surface area (Å²) in [6.07, 6.45) is 0. The Labute approximate surface area is 135 Å². The van der Waals surface area contributed by atoms with Crippen LogP contribution in [0.1, 0.15) is 11.4 Å². The van der Waals surface area contributed by atoms with Crippen molar-refractivity contribution in [2.75, 3.05) is 0 Å². The van der Waals surface area contributed by atoms with Gasteiger partial charge in [-0.25, -0.2) is 0 Å². The van der Waals surface area contributed by atoms with Crippen molar-refractivity contribution < 1.29 is 0 Å². The van der Waals surface area contributed by atoms with E-state index in [4.69, 9.17) is 0 Å². The second-order valence-electron chi connectivity index (χ2n) is 4.95. The molecular formula is C14H12N8S. The molecule has 3 aromatic heterocycles. The molecule has 4 rings (SSSR count). The van der Waals surface area contributed by atoms with Gasteiger partial charge in [-0.05, 0) is 59.8 Å². The van der Waals surface area contributed by atoms with Crippen LogP contribution in [0.5, 0.6) is 0 Å². The highest BCUT2D eigenvalue weighted by Crippen LogP contribution is 2.28. The number of aromatic nitrogens is 8. The molecule has 4 aromatic rings. The molecule has 0 N–H and O–H groups in total. The number of nitrogens with zero attached hydrogens (tertiary/aromatic N) is 8. The van der Waals surface area contributed by atoms with Gasteiger partial charge >= 0.3 is 0 Å². The molecule has 0 aliphatic heterocycles. The van der Waals surface area contributed by atoms with Gasteiger partial charge in [-0.3, -0.25) is 4.57 Å². The molecule has 23 heavy (non-hydrogen) atoms. The van der Waals surface area contributed by atoms with Gasteiger partial charge in [0.1, 0.15) is 10.9 Å². The highest BCUT2D eigenvalue weighted by atomic mass is 32.2. The molecule has 0 spiro atoms. The van der Waals surface area contributed by atoms with Gasteiger partial charge in [-0.2, -0.15) is 0 Å². The number of rotatable bonds is 3. The maximum Gasteiger partial charge on any atom is 0.202 e. The lowest BCUT2D eigenvalue weighted by atomic mass is 10.2. The molecule has 0 saturated carbocycles. The summed E-state index contributed by atoms with van der Waals surface area (Å²) >= 11 is 1.42. The maximum absolute atomic E-state index is 4.36. The van der Waals surface area contributed by atoms with Crippen LogP contribution in [0, 0.1) is 13.8 Å². The molecule has 0 atom stereocenters. The zero-order valence-electron chi connectivity index (χ0n) is 12.5. The highest BCUT2D eigenvalue weighted by molar-refractivity contribution is 7.99. The van der Waals surface area contributed by atoms with E-state index >= 15 is 0 Å². The van der Waals surface area contributed by atoms with Crippen molar-refractivity contribution >= 4 is 17.4 Å².